The van der Waals surface area contributed by atoms with Gasteiger partial charge in [-0.25, -0.2) is 17.9 Å². The lowest BCUT2D eigenvalue weighted by Crippen LogP contribution is -2.58. The van der Waals surface area contributed by atoms with Gasteiger partial charge in [-0.2, -0.15) is 0 Å². The summed E-state index contributed by atoms with van der Waals surface area (Å²) in [6, 6.07) is 14.7. The summed E-state index contributed by atoms with van der Waals surface area (Å²) in [6.45, 7) is 5.32. The number of ether oxygens (including phenoxy) is 1. The van der Waals surface area contributed by atoms with E-state index in [0.29, 0.717) is 24.1 Å². The van der Waals surface area contributed by atoms with E-state index in [-0.39, 0.29) is 25.3 Å². The van der Waals surface area contributed by atoms with Crippen molar-refractivity contribution in [2.75, 3.05) is 6.54 Å². The minimum atomic E-state index is -3.90. The molecule has 0 bridgehead atoms. The smallest absolute Gasteiger partial charge is 0.408 e. The second kappa shape index (κ2) is 16.1. The van der Waals surface area contributed by atoms with Gasteiger partial charge in [-0.05, 0) is 57.9 Å². The van der Waals surface area contributed by atoms with Crippen LogP contribution in [0.15, 0.2) is 66.9 Å². The molecule has 3 aromatic rings. The highest BCUT2D eigenvalue weighted by atomic mass is 32.2. The van der Waals surface area contributed by atoms with Crippen LogP contribution < -0.4 is 15.4 Å². The number of carbonyl (C=O) groups is 4. The number of nitrogens with one attached hydrogen (secondary N) is 3. The van der Waals surface area contributed by atoms with Gasteiger partial charge in [0.15, 0.2) is 0 Å². The van der Waals surface area contributed by atoms with Gasteiger partial charge in [-0.1, -0.05) is 85.1 Å². The van der Waals surface area contributed by atoms with Crippen LogP contribution in [0.4, 0.5) is 4.79 Å². The van der Waals surface area contributed by atoms with Crippen molar-refractivity contribution >= 4 is 33.8 Å². The molecule has 4 amide bonds. The van der Waals surface area contributed by atoms with Crippen molar-refractivity contribution in [1.82, 2.24) is 35.2 Å². The normalized spacial score (nSPS) is 20.6. The third kappa shape index (κ3) is 9.80. The van der Waals surface area contributed by atoms with Gasteiger partial charge in [0.05, 0.1) is 17.5 Å². The number of alkyl carbamates (subject to hydrolysis) is 1. The molecule has 2 aliphatic carbocycles. The number of benzene rings is 2. The first-order chi connectivity index (χ1) is 25.3. The Kier molecular flexibility index (Phi) is 11.5. The number of hydrogen-bond acceptors (Lipinski definition) is 9. The lowest BCUT2D eigenvalue weighted by atomic mass is 9.83. The summed E-state index contributed by atoms with van der Waals surface area (Å²) < 4.78 is 35.0. The number of nitrogens with zero attached hydrogens (tertiary/aromatic N) is 4. The third-order valence-electron chi connectivity index (χ3n) is 10.00. The summed E-state index contributed by atoms with van der Waals surface area (Å²) in [7, 11) is -3.90. The number of sulfonamides is 1. The standard InChI is InChI=1S/C38H49N7O7S/c1-38(2,3)52-37(49)40-33(27-17-11-6-12-18-27)36(48)44-23-28(45-24-31(41-43-45)26-15-9-5-10-16-26)22-32(44)35(47)39-30(21-25-13-7-4-8-14-25)34(46)42-53(50,51)29-19-20-29/h4-5,7-10,13-16,24,27-30,32-33H,6,11-12,17-23H2,1-3H3,(H,39,47)(H,40,49)(H,42,46)/t28-,30+,32-,33-/m0/s1. The number of carbonyl (C=O) groups excluding carboxylic acids is 4. The summed E-state index contributed by atoms with van der Waals surface area (Å²) in [6.07, 6.45) is 6.41. The maximum atomic E-state index is 14.7. The lowest BCUT2D eigenvalue weighted by molar-refractivity contribution is -0.142. The molecule has 0 spiro atoms. The fourth-order valence-corrected chi connectivity index (χ4v) is 8.50. The van der Waals surface area contributed by atoms with Crippen LogP contribution in [0.25, 0.3) is 11.3 Å². The van der Waals surface area contributed by atoms with Crippen LogP contribution in [0.1, 0.15) is 83.7 Å². The predicted molar refractivity (Wildman–Crippen MR) is 197 cm³/mol. The molecule has 15 heteroatoms. The summed E-state index contributed by atoms with van der Waals surface area (Å²) in [4.78, 5) is 57.3. The van der Waals surface area contributed by atoms with Crippen LogP contribution in [0.3, 0.4) is 0 Å². The van der Waals surface area contributed by atoms with Crippen LogP contribution >= 0.6 is 0 Å². The van der Waals surface area contributed by atoms with Crippen LogP contribution in [-0.2, 0) is 35.6 Å². The van der Waals surface area contributed by atoms with E-state index >= 15 is 0 Å². The third-order valence-corrected chi connectivity index (χ3v) is 11.8. The first kappa shape index (κ1) is 38.0. The van der Waals surface area contributed by atoms with Gasteiger partial charge in [-0.3, -0.25) is 19.1 Å². The molecule has 3 fully saturated rings. The Morgan fingerprint density at radius 1 is 0.906 bits per heavy atom. The quantitative estimate of drug-likeness (QED) is 0.248. The lowest BCUT2D eigenvalue weighted by Gasteiger charge is -2.35. The van der Waals surface area contributed by atoms with E-state index in [2.05, 4.69) is 25.7 Å². The molecule has 14 nitrogen and oxygen atoms in total. The van der Waals surface area contributed by atoms with Gasteiger partial charge in [0, 0.05) is 24.9 Å². The number of amides is 4. The van der Waals surface area contributed by atoms with Gasteiger partial charge in [0.1, 0.15) is 29.4 Å². The molecular formula is C38H49N7O7S. The molecule has 6 rings (SSSR count). The largest absolute Gasteiger partial charge is 0.444 e. The minimum Gasteiger partial charge on any atom is -0.444 e. The predicted octanol–water partition coefficient (Wildman–Crippen LogP) is 3.90. The van der Waals surface area contributed by atoms with E-state index in [9.17, 15) is 27.6 Å². The van der Waals surface area contributed by atoms with E-state index < -0.39 is 68.9 Å². The average Bonchev–Trinajstić information content (AvgIpc) is 3.73. The van der Waals surface area contributed by atoms with Crippen molar-refractivity contribution in [3.8, 4) is 11.3 Å². The summed E-state index contributed by atoms with van der Waals surface area (Å²) in [5, 5.41) is 13.7. The highest BCUT2D eigenvalue weighted by Crippen LogP contribution is 2.33. The Labute approximate surface area is 310 Å². The Morgan fingerprint density at radius 2 is 1.57 bits per heavy atom. The highest BCUT2D eigenvalue weighted by molar-refractivity contribution is 7.90. The topological polar surface area (TPSA) is 182 Å². The van der Waals surface area contributed by atoms with Crippen LogP contribution in [-0.4, -0.2) is 87.6 Å². The fourth-order valence-electron chi connectivity index (χ4n) is 7.16. The van der Waals surface area contributed by atoms with Crippen LogP contribution in [0.5, 0.6) is 0 Å². The summed E-state index contributed by atoms with van der Waals surface area (Å²) in [5.41, 5.74) is 1.40. The number of hydrogen-bond donors (Lipinski definition) is 3. The summed E-state index contributed by atoms with van der Waals surface area (Å²) in [5.74, 6) is -2.08. The van der Waals surface area contributed by atoms with Gasteiger partial charge in [0.25, 0.3) is 5.91 Å². The summed E-state index contributed by atoms with van der Waals surface area (Å²) >= 11 is 0. The minimum absolute atomic E-state index is 0.0249. The first-order valence-electron chi connectivity index (χ1n) is 18.4. The molecule has 0 radical (unpaired) electrons. The monoisotopic (exact) mass is 747 g/mol. The second-order valence-electron chi connectivity index (χ2n) is 15.3. The second-order valence-corrected chi connectivity index (χ2v) is 17.3. The number of likely N-dealkylation sites (tertiary alicyclic amines) is 1. The molecule has 3 N–H and O–H groups in total. The van der Waals surface area contributed by atoms with Crippen molar-refractivity contribution in [2.24, 2.45) is 5.92 Å². The zero-order chi connectivity index (χ0) is 37.8. The maximum absolute atomic E-state index is 14.7. The maximum Gasteiger partial charge on any atom is 0.408 e. The molecule has 53 heavy (non-hydrogen) atoms. The average molecular weight is 748 g/mol. The van der Waals surface area contributed by atoms with E-state index in [1.54, 1.807) is 55.9 Å². The van der Waals surface area contributed by atoms with Crippen LogP contribution in [0, 0.1) is 5.92 Å². The first-order valence-corrected chi connectivity index (χ1v) is 20.0. The zero-order valence-electron chi connectivity index (χ0n) is 30.4. The van der Waals surface area contributed by atoms with Crippen molar-refractivity contribution in [3.05, 3.63) is 72.4 Å². The van der Waals surface area contributed by atoms with Gasteiger partial charge in [0.2, 0.25) is 21.8 Å². The Morgan fingerprint density at radius 3 is 2.21 bits per heavy atom. The Balaban J connectivity index is 1.30. The molecule has 2 saturated carbocycles. The van der Waals surface area contributed by atoms with Crippen molar-refractivity contribution in [2.45, 2.75) is 114 Å². The Hall–Kier alpha value is -4.79. The van der Waals surface area contributed by atoms with Gasteiger partial charge >= 0.3 is 6.09 Å². The molecule has 2 heterocycles. The van der Waals surface area contributed by atoms with Gasteiger partial charge < -0.3 is 20.3 Å². The molecular weight excluding hydrogens is 699 g/mol. The molecule has 2 aromatic carbocycles. The number of rotatable bonds is 12. The SMILES string of the molecule is CC(C)(C)OC(=O)N[C@H](C(=O)N1C[C@@H](n2cc(-c3ccccc3)nn2)C[C@H]1C(=O)N[C@H](Cc1ccccc1)C(=O)NS(=O)(=O)C1CC1)C1CCCCC1. The van der Waals surface area contributed by atoms with Crippen LogP contribution in [0.2, 0.25) is 0 Å². The molecule has 284 valence electrons. The van der Waals surface area contributed by atoms with Crippen molar-refractivity contribution < 1.29 is 32.3 Å². The molecule has 3 aliphatic rings. The van der Waals surface area contributed by atoms with Crippen molar-refractivity contribution in [1.29, 1.82) is 0 Å². The van der Waals surface area contributed by atoms with E-state index in [0.717, 1.165) is 37.7 Å². The van der Waals surface area contributed by atoms with Crippen molar-refractivity contribution in [3.63, 3.8) is 0 Å². The highest BCUT2D eigenvalue weighted by Gasteiger charge is 2.46. The zero-order valence-corrected chi connectivity index (χ0v) is 31.3. The van der Waals surface area contributed by atoms with E-state index in [4.69, 9.17) is 4.74 Å². The molecule has 1 aromatic heterocycles. The fraction of sp³-hybridized carbons (Fsp3) is 0.526. The molecule has 4 atom stereocenters. The molecule has 1 saturated heterocycles. The molecule has 0 unspecified atom stereocenters. The van der Waals surface area contributed by atoms with E-state index in [1.165, 1.54) is 4.90 Å². The Bertz CT molecular complexity index is 1870. The van der Waals surface area contributed by atoms with E-state index in [1.807, 2.05) is 36.4 Å². The van der Waals surface area contributed by atoms with Gasteiger partial charge in [-0.15, -0.1) is 5.10 Å². The molecule has 1 aliphatic heterocycles. The number of aromatic nitrogens is 3.